The third-order valence-electron chi connectivity index (χ3n) is 12.7. The second-order valence-electron chi connectivity index (χ2n) is 17.1. The van der Waals surface area contributed by atoms with E-state index in [4.69, 9.17) is 40.5 Å². The average molecular weight is 928 g/mol. The van der Waals surface area contributed by atoms with E-state index in [0.29, 0.717) is 37.1 Å². The standard InChI is InChI=1S/C54H57ClF2N6O4/c1-3-64-52-32-39(14-18-50(52)66-37-38-10-6-5-7-11-38)35-60-30-24-43(25-31-60)63(49-21-27-59-47-34-41(55)16-17-45(47)49)62(48-20-26-58-46-13-9-8-12-44(46)48)42-22-28-61(29-23-42)36-40-15-19-51(67-54(56)57)53(33-40)65-4-2/h5-21,26-27,32-34,42-43,54H,3-4,22-25,28-31,35-37H2,1-2H3. The van der Waals surface area contributed by atoms with E-state index in [2.05, 4.69) is 80.5 Å². The van der Waals surface area contributed by atoms with Crippen molar-refractivity contribution in [3.8, 4) is 23.0 Å². The third kappa shape index (κ3) is 11.0. The molecule has 0 spiro atoms. The molecule has 0 aliphatic carbocycles. The second-order valence-corrected chi connectivity index (χ2v) is 17.6. The molecule has 67 heavy (non-hydrogen) atoms. The normalized spacial score (nSPS) is 15.3. The van der Waals surface area contributed by atoms with Crippen molar-refractivity contribution in [2.24, 2.45) is 0 Å². The molecule has 0 atom stereocenters. The Morgan fingerprint density at radius 3 is 1.70 bits per heavy atom. The van der Waals surface area contributed by atoms with Crippen molar-refractivity contribution < 1.29 is 27.7 Å². The van der Waals surface area contributed by atoms with Gasteiger partial charge in [0.25, 0.3) is 0 Å². The highest BCUT2D eigenvalue weighted by Gasteiger charge is 2.36. The molecule has 10 nitrogen and oxygen atoms in total. The van der Waals surface area contributed by atoms with Crippen molar-refractivity contribution >= 4 is 44.8 Å². The highest BCUT2D eigenvalue weighted by molar-refractivity contribution is 6.31. The number of benzene rings is 5. The van der Waals surface area contributed by atoms with Gasteiger partial charge in [-0.25, -0.2) is 0 Å². The Morgan fingerprint density at radius 1 is 0.567 bits per heavy atom. The molecule has 2 saturated heterocycles. The summed E-state index contributed by atoms with van der Waals surface area (Å²) in [4.78, 5) is 14.6. The van der Waals surface area contributed by atoms with Crippen LogP contribution < -0.4 is 29.0 Å². The van der Waals surface area contributed by atoms with E-state index in [9.17, 15) is 8.78 Å². The monoisotopic (exact) mass is 926 g/mol. The summed E-state index contributed by atoms with van der Waals surface area (Å²) < 4.78 is 49.2. The first-order valence-corrected chi connectivity index (χ1v) is 23.8. The minimum Gasteiger partial charge on any atom is -0.490 e. The number of anilines is 2. The lowest BCUT2D eigenvalue weighted by molar-refractivity contribution is -0.0514. The van der Waals surface area contributed by atoms with Crippen LogP contribution in [0.15, 0.2) is 134 Å². The lowest BCUT2D eigenvalue weighted by atomic mass is 9.99. The first kappa shape index (κ1) is 45.9. The molecule has 4 heterocycles. The number of alkyl halides is 2. The Hall–Kier alpha value is -6.21. The maximum absolute atomic E-state index is 13.2. The van der Waals surface area contributed by atoms with Gasteiger partial charge in [-0.15, -0.1) is 0 Å². The zero-order valence-corrected chi connectivity index (χ0v) is 38.8. The number of hydrogen-bond acceptors (Lipinski definition) is 10. The zero-order chi connectivity index (χ0) is 46.1. The topological polar surface area (TPSA) is 75.7 Å². The second kappa shape index (κ2) is 21.6. The largest absolute Gasteiger partial charge is 0.490 e. The highest BCUT2D eigenvalue weighted by Crippen LogP contribution is 2.40. The van der Waals surface area contributed by atoms with Crippen molar-refractivity contribution in [3.63, 3.8) is 0 Å². The van der Waals surface area contributed by atoms with E-state index in [0.717, 1.165) is 114 Å². The molecule has 0 N–H and O–H groups in total. The van der Waals surface area contributed by atoms with Crippen LogP contribution in [-0.2, 0) is 19.7 Å². The Bertz CT molecular complexity index is 2730. The molecule has 2 aromatic heterocycles. The minimum absolute atomic E-state index is 0.0472. The summed E-state index contributed by atoms with van der Waals surface area (Å²) >= 11 is 6.59. The quantitative estimate of drug-likeness (QED) is 0.0777. The molecule has 0 radical (unpaired) electrons. The summed E-state index contributed by atoms with van der Waals surface area (Å²) in [6.07, 6.45) is 7.47. The summed E-state index contributed by atoms with van der Waals surface area (Å²) in [5, 5.41) is 7.94. The van der Waals surface area contributed by atoms with Gasteiger partial charge in [0, 0.05) is 67.5 Å². The molecule has 2 aliphatic rings. The molecular weight excluding hydrogens is 870 g/mol. The Balaban J connectivity index is 1.000. The summed E-state index contributed by atoms with van der Waals surface area (Å²) in [6, 6.07) is 40.8. The molecule has 0 saturated carbocycles. The van der Waals surface area contributed by atoms with Crippen LogP contribution in [0.3, 0.4) is 0 Å². The zero-order valence-electron chi connectivity index (χ0n) is 38.1. The predicted octanol–water partition coefficient (Wildman–Crippen LogP) is 12.0. The lowest BCUT2D eigenvalue weighted by Gasteiger charge is -2.51. The van der Waals surface area contributed by atoms with Crippen LogP contribution in [-0.4, -0.2) is 77.9 Å². The van der Waals surface area contributed by atoms with Crippen LogP contribution >= 0.6 is 11.6 Å². The lowest BCUT2D eigenvalue weighted by Crippen LogP contribution is -2.59. The van der Waals surface area contributed by atoms with Gasteiger partial charge in [0.1, 0.15) is 6.61 Å². The fourth-order valence-corrected chi connectivity index (χ4v) is 9.78. The smallest absolute Gasteiger partial charge is 0.387 e. The van der Waals surface area contributed by atoms with Gasteiger partial charge in [-0.3, -0.25) is 29.8 Å². The molecule has 9 rings (SSSR count). The molecule has 7 aromatic rings. The Labute approximate surface area is 396 Å². The van der Waals surface area contributed by atoms with Crippen molar-refractivity contribution in [1.29, 1.82) is 0 Å². The number of halogens is 3. The molecule has 348 valence electrons. The van der Waals surface area contributed by atoms with Crippen molar-refractivity contribution in [3.05, 3.63) is 155 Å². The van der Waals surface area contributed by atoms with E-state index in [-0.39, 0.29) is 17.8 Å². The average Bonchev–Trinajstić information content (AvgIpc) is 3.34. The molecule has 0 bridgehead atoms. The molecule has 2 fully saturated rings. The maximum atomic E-state index is 13.2. The predicted molar refractivity (Wildman–Crippen MR) is 263 cm³/mol. The first-order valence-electron chi connectivity index (χ1n) is 23.4. The highest BCUT2D eigenvalue weighted by atomic mass is 35.5. The number of ether oxygens (including phenoxy) is 4. The number of likely N-dealkylation sites (tertiary alicyclic amines) is 2. The van der Waals surface area contributed by atoms with E-state index >= 15 is 0 Å². The Morgan fingerprint density at radius 2 is 1.10 bits per heavy atom. The van der Waals surface area contributed by atoms with Crippen molar-refractivity contribution in [2.75, 3.05) is 49.4 Å². The number of piperidine rings is 2. The number of hydrogen-bond donors (Lipinski definition) is 0. The number of rotatable bonds is 18. The van der Waals surface area contributed by atoms with E-state index in [1.165, 1.54) is 5.56 Å². The molecule has 0 unspecified atom stereocenters. The van der Waals surface area contributed by atoms with E-state index in [1.54, 1.807) is 6.07 Å². The first-order chi connectivity index (χ1) is 32.8. The van der Waals surface area contributed by atoms with Crippen LogP contribution in [0, 0.1) is 0 Å². The van der Waals surface area contributed by atoms with Crippen LogP contribution in [0.4, 0.5) is 20.2 Å². The van der Waals surface area contributed by atoms with Gasteiger partial charge in [0.2, 0.25) is 0 Å². The number of hydrazine groups is 1. The van der Waals surface area contributed by atoms with Gasteiger partial charge in [-0.2, -0.15) is 8.78 Å². The van der Waals surface area contributed by atoms with Crippen LogP contribution in [0.1, 0.15) is 56.2 Å². The number of para-hydroxylation sites is 1. The van der Waals surface area contributed by atoms with Crippen LogP contribution in [0.5, 0.6) is 23.0 Å². The summed E-state index contributed by atoms with van der Waals surface area (Å²) in [5.41, 5.74) is 7.27. The fourth-order valence-electron chi connectivity index (χ4n) is 9.61. The number of nitrogens with zero attached hydrogens (tertiary/aromatic N) is 6. The molecule has 13 heteroatoms. The number of fused-ring (bicyclic) bond motifs is 2. The fraction of sp³-hybridized carbons (Fsp3) is 0.333. The van der Waals surface area contributed by atoms with Crippen molar-refractivity contribution in [1.82, 2.24) is 19.8 Å². The minimum atomic E-state index is -2.93. The molecule has 0 amide bonds. The van der Waals surface area contributed by atoms with Gasteiger partial charge < -0.3 is 18.9 Å². The van der Waals surface area contributed by atoms with Gasteiger partial charge in [-0.05, 0) is 117 Å². The third-order valence-corrected chi connectivity index (χ3v) is 13.0. The van der Waals surface area contributed by atoms with Gasteiger partial charge in [0.05, 0.1) is 47.7 Å². The van der Waals surface area contributed by atoms with Crippen LogP contribution in [0.2, 0.25) is 5.02 Å². The Kier molecular flexibility index (Phi) is 14.8. The van der Waals surface area contributed by atoms with E-state index < -0.39 is 6.61 Å². The van der Waals surface area contributed by atoms with E-state index in [1.807, 2.05) is 80.8 Å². The van der Waals surface area contributed by atoms with Gasteiger partial charge in [0.15, 0.2) is 23.0 Å². The summed E-state index contributed by atoms with van der Waals surface area (Å²) in [5.74, 6) is 1.89. The molecule has 2 aliphatic heterocycles. The maximum Gasteiger partial charge on any atom is 0.387 e. The molecular formula is C54H57ClF2N6O4. The van der Waals surface area contributed by atoms with Gasteiger partial charge >= 0.3 is 6.61 Å². The number of pyridine rings is 2. The van der Waals surface area contributed by atoms with Crippen LogP contribution in [0.25, 0.3) is 21.8 Å². The number of aromatic nitrogens is 2. The van der Waals surface area contributed by atoms with Crippen molar-refractivity contribution in [2.45, 2.75) is 77.9 Å². The summed E-state index contributed by atoms with van der Waals surface area (Å²) in [6.45, 7) is 7.22. The molecule has 5 aromatic carbocycles. The summed E-state index contributed by atoms with van der Waals surface area (Å²) in [7, 11) is 0. The SMILES string of the molecule is CCOc1cc(CN2CCC(N(c3ccnc4cc(Cl)ccc34)N(c3ccnc4ccccc34)C3CCN(Cc4ccc(OC(F)F)c(OCC)c4)CC3)CC2)ccc1OCc1ccccc1. The van der Waals surface area contributed by atoms with Gasteiger partial charge in [-0.1, -0.05) is 72.3 Å².